The van der Waals surface area contributed by atoms with Crippen LogP contribution in [0.15, 0.2) is 10.6 Å². The van der Waals surface area contributed by atoms with Gasteiger partial charge in [-0.05, 0) is 6.54 Å². The summed E-state index contributed by atoms with van der Waals surface area (Å²) < 4.78 is 40.8. The van der Waals surface area contributed by atoms with Gasteiger partial charge in [-0.2, -0.15) is 13.2 Å². The van der Waals surface area contributed by atoms with Gasteiger partial charge in [0.25, 0.3) is 0 Å². The Labute approximate surface area is 85.7 Å². The molecule has 0 atom stereocenters. The van der Waals surface area contributed by atoms with Crippen molar-refractivity contribution in [2.45, 2.75) is 25.9 Å². The summed E-state index contributed by atoms with van der Waals surface area (Å²) in [6.07, 6.45) is -3.65. The van der Waals surface area contributed by atoms with Gasteiger partial charge < -0.3 is 9.73 Å². The molecule has 86 valence electrons. The summed E-state index contributed by atoms with van der Waals surface area (Å²) in [4.78, 5) is 3.77. The van der Waals surface area contributed by atoms with Gasteiger partial charge in [0.15, 0.2) is 5.89 Å². The van der Waals surface area contributed by atoms with Crippen molar-refractivity contribution in [3.63, 3.8) is 0 Å². The Morgan fingerprint density at radius 2 is 2.20 bits per heavy atom. The maximum atomic E-state index is 12.0. The van der Waals surface area contributed by atoms with Gasteiger partial charge in [-0.15, -0.1) is 0 Å². The van der Waals surface area contributed by atoms with Crippen molar-refractivity contribution in [3.05, 3.63) is 17.8 Å². The highest BCUT2D eigenvalue weighted by Crippen LogP contribution is 2.21. The van der Waals surface area contributed by atoms with Crippen LogP contribution in [-0.4, -0.2) is 24.2 Å². The molecule has 0 spiro atoms. The predicted octanol–water partition coefficient (Wildman–Crippen LogP) is 1.93. The first-order valence-electron chi connectivity index (χ1n) is 4.72. The van der Waals surface area contributed by atoms with Gasteiger partial charge in [0.1, 0.15) is 12.2 Å². The Morgan fingerprint density at radius 3 is 2.80 bits per heavy atom. The van der Waals surface area contributed by atoms with E-state index in [4.69, 9.17) is 4.42 Å². The van der Waals surface area contributed by atoms with Crippen molar-refractivity contribution >= 4 is 0 Å². The average Bonchev–Trinajstić information content (AvgIpc) is 2.50. The Bertz CT molecular complexity index is 296. The number of hydrogen-bond acceptors (Lipinski definition) is 3. The summed E-state index contributed by atoms with van der Waals surface area (Å²) >= 11 is 0. The molecule has 0 saturated carbocycles. The fraction of sp³-hybridized carbons (Fsp3) is 0.667. The first-order chi connectivity index (χ1) is 7.01. The number of nitrogens with one attached hydrogen (secondary N) is 1. The van der Waals surface area contributed by atoms with E-state index in [1.54, 1.807) is 0 Å². The van der Waals surface area contributed by atoms with Gasteiger partial charge >= 0.3 is 6.18 Å². The molecule has 0 saturated heterocycles. The normalized spacial score (nSPS) is 12.0. The molecule has 1 aromatic heterocycles. The number of alkyl halides is 3. The minimum atomic E-state index is -4.24. The highest BCUT2D eigenvalue weighted by Gasteiger charge is 2.29. The largest absolute Gasteiger partial charge is 0.445 e. The third-order valence-corrected chi connectivity index (χ3v) is 1.74. The molecule has 0 bridgehead atoms. The van der Waals surface area contributed by atoms with Crippen LogP contribution in [0, 0.1) is 0 Å². The fourth-order valence-electron chi connectivity index (χ4n) is 1.11. The van der Waals surface area contributed by atoms with Gasteiger partial charge in [0, 0.05) is 13.0 Å². The Hall–Kier alpha value is -1.04. The van der Waals surface area contributed by atoms with E-state index in [0.717, 1.165) is 12.7 Å². The van der Waals surface area contributed by atoms with E-state index in [9.17, 15) is 13.2 Å². The molecule has 0 unspecified atom stereocenters. The molecule has 0 amide bonds. The maximum absolute atomic E-state index is 12.0. The van der Waals surface area contributed by atoms with Crippen LogP contribution in [-0.2, 0) is 12.8 Å². The molecule has 0 aromatic carbocycles. The summed E-state index contributed by atoms with van der Waals surface area (Å²) in [5.74, 6) is 0.212. The van der Waals surface area contributed by atoms with E-state index in [0.29, 0.717) is 18.9 Å². The number of rotatable bonds is 5. The van der Waals surface area contributed by atoms with Crippen LogP contribution < -0.4 is 5.32 Å². The van der Waals surface area contributed by atoms with Crippen molar-refractivity contribution in [3.8, 4) is 0 Å². The second kappa shape index (κ2) is 5.16. The number of halogens is 3. The van der Waals surface area contributed by atoms with Crippen LogP contribution in [0.25, 0.3) is 0 Å². The van der Waals surface area contributed by atoms with Gasteiger partial charge in [-0.3, -0.25) is 0 Å². The lowest BCUT2D eigenvalue weighted by atomic mass is 10.3. The molecule has 15 heavy (non-hydrogen) atoms. The Morgan fingerprint density at radius 1 is 1.47 bits per heavy atom. The molecule has 0 aliphatic carbocycles. The summed E-state index contributed by atoms with van der Waals surface area (Å²) in [5, 5.41) is 3.03. The second-order valence-electron chi connectivity index (χ2n) is 3.12. The third-order valence-electron chi connectivity index (χ3n) is 1.74. The van der Waals surface area contributed by atoms with E-state index in [2.05, 4.69) is 10.3 Å². The molecule has 1 aromatic rings. The van der Waals surface area contributed by atoms with E-state index < -0.39 is 12.6 Å². The van der Waals surface area contributed by atoms with Crippen molar-refractivity contribution in [2.75, 3.05) is 13.1 Å². The Kier molecular flexibility index (Phi) is 4.14. The van der Waals surface area contributed by atoms with Gasteiger partial charge in [0.2, 0.25) is 0 Å². The van der Waals surface area contributed by atoms with E-state index in [-0.39, 0.29) is 5.76 Å². The predicted molar refractivity (Wildman–Crippen MR) is 48.5 cm³/mol. The molecule has 1 N–H and O–H groups in total. The monoisotopic (exact) mass is 222 g/mol. The molecule has 0 aliphatic rings. The molecule has 0 radical (unpaired) electrons. The van der Waals surface area contributed by atoms with E-state index >= 15 is 0 Å². The molecular weight excluding hydrogens is 209 g/mol. The molecule has 3 nitrogen and oxygen atoms in total. The summed E-state index contributed by atoms with van der Waals surface area (Å²) in [5.41, 5.74) is 0. The van der Waals surface area contributed by atoms with Crippen molar-refractivity contribution < 1.29 is 17.6 Å². The van der Waals surface area contributed by atoms with E-state index in [1.807, 2.05) is 6.92 Å². The lowest BCUT2D eigenvalue weighted by Gasteiger charge is -2.01. The first kappa shape index (κ1) is 12.0. The van der Waals surface area contributed by atoms with E-state index in [1.165, 1.54) is 0 Å². The third kappa shape index (κ3) is 4.83. The average molecular weight is 222 g/mol. The van der Waals surface area contributed by atoms with Crippen molar-refractivity contribution in [1.29, 1.82) is 0 Å². The fourth-order valence-corrected chi connectivity index (χ4v) is 1.11. The highest BCUT2D eigenvalue weighted by molar-refractivity contribution is 4.96. The van der Waals surface area contributed by atoms with Gasteiger partial charge in [0.05, 0.1) is 6.20 Å². The van der Waals surface area contributed by atoms with Crippen LogP contribution in [0.5, 0.6) is 0 Å². The molecule has 0 fully saturated rings. The minimum Gasteiger partial charge on any atom is -0.445 e. The molecule has 1 heterocycles. The molecule has 0 aliphatic heterocycles. The van der Waals surface area contributed by atoms with Crippen LogP contribution in [0.2, 0.25) is 0 Å². The number of likely N-dealkylation sites (N-methyl/N-ethyl adjacent to an activating group) is 1. The zero-order valence-corrected chi connectivity index (χ0v) is 8.40. The van der Waals surface area contributed by atoms with Crippen LogP contribution in [0.1, 0.15) is 18.6 Å². The number of hydrogen-bond donors (Lipinski definition) is 1. The zero-order valence-electron chi connectivity index (χ0n) is 8.40. The number of nitrogens with zero attached hydrogens (tertiary/aromatic N) is 1. The number of aromatic nitrogens is 1. The summed E-state index contributed by atoms with van der Waals surface area (Å²) in [6, 6.07) is 0. The standard InChI is InChI=1S/C9H13F3N2O/c1-2-13-4-3-8-14-6-7(15-8)5-9(10,11)12/h6,13H,2-5H2,1H3. The maximum Gasteiger partial charge on any atom is 0.396 e. The zero-order chi connectivity index (χ0) is 11.3. The van der Waals surface area contributed by atoms with Gasteiger partial charge in [-0.25, -0.2) is 4.98 Å². The van der Waals surface area contributed by atoms with Crippen LogP contribution in [0.4, 0.5) is 13.2 Å². The first-order valence-corrected chi connectivity index (χ1v) is 4.72. The quantitative estimate of drug-likeness (QED) is 0.773. The minimum absolute atomic E-state index is 0.131. The molecule has 1 rings (SSSR count). The smallest absolute Gasteiger partial charge is 0.396 e. The summed E-state index contributed by atoms with van der Waals surface area (Å²) in [6.45, 7) is 3.42. The highest BCUT2D eigenvalue weighted by atomic mass is 19.4. The van der Waals surface area contributed by atoms with Crippen LogP contribution >= 0.6 is 0 Å². The SMILES string of the molecule is CCNCCc1ncc(CC(F)(F)F)o1. The van der Waals surface area contributed by atoms with Crippen molar-refractivity contribution in [2.24, 2.45) is 0 Å². The molecular formula is C9H13F3N2O. The van der Waals surface area contributed by atoms with Gasteiger partial charge in [-0.1, -0.05) is 6.92 Å². The Balaban J connectivity index is 2.42. The molecule has 6 heteroatoms. The lowest BCUT2D eigenvalue weighted by Crippen LogP contribution is -2.16. The topological polar surface area (TPSA) is 38.1 Å². The van der Waals surface area contributed by atoms with Crippen LogP contribution in [0.3, 0.4) is 0 Å². The lowest BCUT2D eigenvalue weighted by molar-refractivity contribution is -0.130. The number of oxazole rings is 1. The second-order valence-corrected chi connectivity index (χ2v) is 3.12. The van der Waals surface area contributed by atoms with Crippen molar-refractivity contribution in [1.82, 2.24) is 10.3 Å². The summed E-state index contributed by atoms with van der Waals surface area (Å²) in [7, 11) is 0.